The van der Waals surface area contributed by atoms with Crippen molar-refractivity contribution in [2.45, 2.75) is 0 Å². The molecule has 4 heteroatoms. The molecule has 0 aliphatic carbocycles. The molecule has 24 heavy (non-hydrogen) atoms. The van der Waals surface area contributed by atoms with Gasteiger partial charge >= 0.3 is 0 Å². The maximum absolute atomic E-state index is 6.04. The van der Waals surface area contributed by atoms with Crippen LogP contribution in [0.25, 0.3) is 33.8 Å². The highest BCUT2D eigenvalue weighted by Crippen LogP contribution is 2.25. The molecule has 0 spiro atoms. The number of hydrogen-bond acceptors (Lipinski definition) is 4. The van der Waals surface area contributed by atoms with E-state index in [9.17, 15) is 0 Å². The SMILES string of the molecule is Nc1nc(N)c2c(/C=C\c3ccc4ccccc4c3)cccc2n1. The van der Waals surface area contributed by atoms with E-state index in [-0.39, 0.29) is 5.95 Å². The molecule has 4 aromatic rings. The largest absolute Gasteiger partial charge is 0.383 e. The molecule has 1 heterocycles. The minimum Gasteiger partial charge on any atom is -0.383 e. The maximum atomic E-state index is 6.04. The summed E-state index contributed by atoms with van der Waals surface area (Å²) < 4.78 is 0. The maximum Gasteiger partial charge on any atom is 0.222 e. The van der Waals surface area contributed by atoms with Gasteiger partial charge in [-0.3, -0.25) is 0 Å². The van der Waals surface area contributed by atoms with E-state index in [4.69, 9.17) is 11.5 Å². The molecule has 0 fully saturated rings. The fourth-order valence-electron chi connectivity index (χ4n) is 2.89. The summed E-state index contributed by atoms with van der Waals surface area (Å²) in [6.45, 7) is 0. The van der Waals surface area contributed by atoms with Gasteiger partial charge in [0.15, 0.2) is 0 Å². The van der Waals surface area contributed by atoms with Crippen LogP contribution in [0, 0.1) is 0 Å². The predicted molar refractivity (Wildman–Crippen MR) is 101 cm³/mol. The average Bonchev–Trinajstić information content (AvgIpc) is 2.59. The first kappa shape index (κ1) is 14.2. The number of nitrogen functional groups attached to an aromatic ring is 2. The fourth-order valence-corrected chi connectivity index (χ4v) is 2.89. The predicted octanol–water partition coefficient (Wildman–Crippen LogP) is 4.12. The summed E-state index contributed by atoms with van der Waals surface area (Å²) in [4.78, 5) is 8.31. The fraction of sp³-hybridized carbons (Fsp3) is 0. The van der Waals surface area contributed by atoms with Crippen molar-refractivity contribution in [2.24, 2.45) is 0 Å². The summed E-state index contributed by atoms with van der Waals surface area (Å²) in [5.41, 5.74) is 14.6. The molecule has 3 aromatic carbocycles. The zero-order valence-electron chi connectivity index (χ0n) is 13.0. The summed E-state index contributed by atoms with van der Waals surface area (Å²) in [5.74, 6) is 0.590. The Morgan fingerprint density at radius 1 is 0.750 bits per heavy atom. The van der Waals surface area contributed by atoms with Gasteiger partial charge in [0, 0.05) is 5.39 Å². The lowest BCUT2D eigenvalue weighted by Gasteiger charge is -2.05. The Labute approximate surface area is 139 Å². The molecule has 1 aromatic heterocycles. The van der Waals surface area contributed by atoms with Crippen LogP contribution >= 0.6 is 0 Å². The second-order valence-electron chi connectivity index (χ2n) is 5.65. The summed E-state index contributed by atoms with van der Waals surface area (Å²) in [6, 6.07) is 20.5. The van der Waals surface area contributed by atoms with E-state index in [1.165, 1.54) is 10.8 Å². The van der Waals surface area contributed by atoms with E-state index in [1.807, 2.05) is 36.4 Å². The molecule has 0 amide bonds. The highest BCUT2D eigenvalue weighted by molar-refractivity contribution is 5.98. The van der Waals surface area contributed by atoms with Crippen molar-refractivity contribution in [3.8, 4) is 0 Å². The van der Waals surface area contributed by atoms with Crippen LogP contribution in [0.5, 0.6) is 0 Å². The molecule has 4 nitrogen and oxygen atoms in total. The van der Waals surface area contributed by atoms with Crippen LogP contribution < -0.4 is 11.5 Å². The van der Waals surface area contributed by atoms with E-state index in [0.717, 1.165) is 22.0 Å². The van der Waals surface area contributed by atoms with Gasteiger partial charge in [-0.2, -0.15) is 4.98 Å². The molecule has 0 unspecified atom stereocenters. The van der Waals surface area contributed by atoms with Crippen LogP contribution in [0.2, 0.25) is 0 Å². The highest BCUT2D eigenvalue weighted by atomic mass is 15.0. The lowest BCUT2D eigenvalue weighted by molar-refractivity contribution is 1.24. The summed E-state index contributed by atoms with van der Waals surface area (Å²) in [7, 11) is 0. The Bertz CT molecular complexity index is 1080. The van der Waals surface area contributed by atoms with Crippen molar-refractivity contribution in [1.82, 2.24) is 9.97 Å². The molecule has 0 saturated heterocycles. The van der Waals surface area contributed by atoms with Crippen molar-refractivity contribution >= 4 is 45.6 Å². The third-order valence-electron chi connectivity index (χ3n) is 4.03. The first-order chi connectivity index (χ1) is 11.7. The molecule has 0 aliphatic heterocycles. The lowest BCUT2D eigenvalue weighted by Crippen LogP contribution is -2.01. The van der Waals surface area contributed by atoms with Gasteiger partial charge in [0.25, 0.3) is 0 Å². The molecule has 0 radical (unpaired) electrons. The third-order valence-corrected chi connectivity index (χ3v) is 4.03. The van der Waals surface area contributed by atoms with Gasteiger partial charge in [-0.25, -0.2) is 4.98 Å². The number of anilines is 2. The number of nitrogens with zero attached hydrogens (tertiary/aromatic N) is 2. The number of benzene rings is 3. The minimum absolute atomic E-state index is 0.190. The quantitative estimate of drug-likeness (QED) is 0.546. The van der Waals surface area contributed by atoms with Gasteiger partial charge < -0.3 is 11.5 Å². The van der Waals surface area contributed by atoms with Crippen molar-refractivity contribution in [1.29, 1.82) is 0 Å². The van der Waals surface area contributed by atoms with Crippen LogP contribution in [0.15, 0.2) is 60.7 Å². The number of rotatable bonds is 2. The van der Waals surface area contributed by atoms with E-state index in [2.05, 4.69) is 46.4 Å². The van der Waals surface area contributed by atoms with E-state index >= 15 is 0 Å². The van der Waals surface area contributed by atoms with Crippen LogP contribution in [0.4, 0.5) is 11.8 Å². The van der Waals surface area contributed by atoms with Crippen LogP contribution in [0.1, 0.15) is 11.1 Å². The standard InChI is InChI=1S/C20H16N4/c21-19-18-15(6-3-7-17(18)23-20(22)24-19)11-9-13-8-10-14-4-1-2-5-16(14)12-13/h1-12H,(H4,21,22,23,24)/b11-9-. The van der Waals surface area contributed by atoms with Crippen molar-refractivity contribution in [2.75, 3.05) is 11.5 Å². The Morgan fingerprint density at radius 2 is 1.58 bits per heavy atom. The van der Waals surface area contributed by atoms with E-state index < -0.39 is 0 Å². The van der Waals surface area contributed by atoms with Gasteiger partial charge in [0.05, 0.1) is 5.52 Å². The van der Waals surface area contributed by atoms with E-state index in [0.29, 0.717) is 5.82 Å². The third kappa shape index (κ3) is 2.54. The molecule has 0 atom stereocenters. The molecular formula is C20H16N4. The van der Waals surface area contributed by atoms with Gasteiger partial charge in [-0.05, 0) is 34.0 Å². The molecular weight excluding hydrogens is 296 g/mol. The summed E-state index contributed by atoms with van der Waals surface area (Å²) in [5, 5.41) is 3.27. The van der Waals surface area contributed by atoms with Crippen LogP contribution in [0.3, 0.4) is 0 Å². The van der Waals surface area contributed by atoms with Gasteiger partial charge in [-0.15, -0.1) is 0 Å². The molecule has 0 saturated carbocycles. The monoisotopic (exact) mass is 312 g/mol. The van der Waals surface area contributed by atoms with Gasteiger partial charge in [0.2, 0.25) is 5.95 Å². The molecule has 4 N–H and O–H groups in total. The Morgan fingerprint density at radius 3 is 2.46 bits per heavy atom. The lowest BCUT2D eigenvalue weighted by atomic mass is 10.0. The van der Waals surface area contributed by atoms with Crippen molar-refractivity contribution < 1.29 is 0 Å². The Balaban J connectivity index is 1.79. The molecule has 4 rings (SSSR count). The Hall–Kier alpha value is -3.40. The second-order valence-corrected chi connectivity index (χ2v) is 5.65. The first-order valence-corrected chi connectivity index (χ1v) is 7.69. The topological polar surface area (TPSA) is 77.8 Å². The second kappa shape index (κ2) is 5.66. The summed E-state index contributed by atoms with van der Waals surface area (Å²) in [6.07, 6.45) is 4.10. The Kier molecular flexibility index (Phi) is 3.35. The smallest absolute Gasteiger partial charge is 0.222 e. The van der Waals surface area contributed by atoms with Crippen molar-refractivity contribution in [3.05, 3.63) is 71.8 Å². The highest BCUT2D eigenvalue weighted by Gasteiger charge is 2.06. The molecule has 0 bridgehead atoms. The van der Waals surface area contributed by atoms with Crippen LogP contribution in [-0.2, 0) is 0 Å². The molecule has 0 aliphatic rings. The van der Waals surface area contributed by atoms with Crippen molar-refractivity contribution in [3.63, 3.8) is 0 Å². The van der Waals surface area contributed by atoms with Crippen LogP contribution in [-0.4, -0.2) is 9.97 Å². The number of fused-ring (bicyclic) bond motifs is 2. The number of nitrogens with two attached hydrogens (primary N) is 2. The zero-order valence-corrected chi connectivity index (χ0v) is 13.0. The minimum atomic E-state index is 0.190. The molecule has 116 valence electrons. The van der Waals surface area contributed by atoms with Gasteiger partial charge in [-0.1, -0.05) is 60.7 Å². The first-order valence-electron chi connectivity index (χ1n) is 7.69. The van der Waals surface area contributed by atoms with Gasteiger partial charge in [0.1, 0.15) is 5.82 Å². The zero-order chi connectivity index (χ0) is 16.5. The average molecular weight is 312 g/mol. The summed E-state index contributed by atoms with van der Waals surface area (Å²) >= 11 is 0. The number of aromatic nitrogens is 2. The van der Waals surface area contributed by atoms with E-state index in [1.54, 1.807) is 0 Å². The number of hydrogen-bond donors (Lipinski definition) is 2. The normalized spacial score (nSPS) is 11.5.